The number of hydrogen-bond donors (Lipinski definition) is 6. The summed E-state index contributed by atoms with van der Waals surface area (Å²) in [5.74, 6) is -2.36. The van der Waals surface area contributed by atoms with Gasteiger partial charge in [0.05, 0.1) is 11.0 Å². The summed E-state index contributed by atoms with van der Waals surface area (Å²) < 4.78 is 0. The quantitative estimate of drug-likeness (QED) is 0.0762. The van der Waals surface area contributed by atoms with Gasteiger partial charge in [0.15, 0.2) is 11.7 Å². The van der Waals surface area contributed by atoms with E-state index in [1.807, 2.05) is 0 Å². The largest absolute Gasteiger partial charge is 0.502 e. The lowest BCUT2D eigenvalue weighted by molar-refractivity contribution is -0.385. The first-order valence-corrected chi connectivity index (χ1v) is 12.5. The first-order chi connectivity index (χ1) is 18.9. The molecule has 0 unspecified atom stereocenters. The molecule has 3 atom stereocenters. The minimum atomic E-state index is -1.26. The molecule has 40 heavy (non-hydrogen) atoms. The van der Waals surface area contributed by atoms with Crippen LogP contribution in [-0.4, -0.2) is 77.4 Å². The van der Waals surface area contributed by atoms with Crippen LogP contribution in [0.5, 0.6) is 5.75 Å². The van der Waals surface area contributed by atoms with Crippen molar-refractivity contribution in [1.82, 2.24) is 15.5 Å². The molecule has 2 aromatic carbocycles. The van der Waals surface area contributed by atoms with E-state index in [0.29, 0.717) is 18.9 Å². The first-order valence-electron chi connectivity index (χ1n) is 12.5. The van der Waals surface area contributed by atoms with Gasteiger partial charge < -0.3 is 37.8 Å². The number of primary amides is 1. The van der Waals surface area contributed by atoms with Gasteiger partial charge in [-0.2, -0.15) is 0 Å². The lowest BCUT2D eigenvalue weighted by Gasteiger charge is -2.24. The van der Waals surface area contributed by atoms with E-state index in [-0.39, 0.29) is 24.8 Å². The summed E-state index contributed by atoms with van der Waals surface area (Å²) in [6.07, 6.45) is 0.701. The maximum atomic E-state index is 13.3. The van der Waals surface area contributed by atoms with Crippen molar-refractivity contribution in [3.8, 4) is 5.75 Å². The molecule has 0 aliphatic carbocycles. The summed E-state index contributed by atoms with van der Waals surface area (Å²) in [5, 5.41) is 26.2. The Morgan fingerprint density at radius 3 is 2.25 bits per heavy atom. The van der Waals surface area contributed by atoms with Crippen LogP contribution in [0.4, 0.5) is 5.69 Å². The summed E-state index contributed by atoms with van der Waals surface area (Å²) in [4.78, 5) is 54.5. The number of nitro benzene ring substituents is 1. The average molecular weight is 557 g/mol. The zero-order valence-corrected chi connectivity index (χ0v) is 22.4. The number of carbonyl (C=O) groups excluding carboxylic acids is 3. The number of nitrogens with two attached hydrogens (primary N) is 3. The number of nitro groups is 1. The van der Waals surface area contributed by atoms with Crippen LogP contribution in [0.2, 0.25) is 0 Å². The van der Waals surface area contributed by atoms with E-state index in [9.17, 15) is 29.6 Å². The fraction of sp³-hybridized carbons (Fsp3) is 0.385. The molecule has 14 nitrogen and oxygen atoms in total. The fourth-order valence-electron chi connectivity index (χ4n) is 3.88. The van der Waals surface area contributed by atoms with Crippen molar-refractivity contribution in [1.29, 1.82) is 0 Å². The van der Waals surface area contributed by atoms with E-state index >= 15 is 0 Å². The first kappa shape index (κ1) is 31.5. The maximum Gasteiger partial charge on any atom is 0.310 e. The van der Waals surface area contributed by atoms with Gasteiger partial charge in [-0.1, -0.05) is 36.4 Å². The number of aromatic hydroxyl groups is 1. The lowest BCUT2D eigenvalue weighted by Crippen LogP contribution is -2.56. The van der Waals surface area contributed by atoms with E-state index in [2.05, 4.69) is 15.6 Å². The van der Waals surface area contributed by atoms with Crippen molar-refractivity contribution < 1.29 is 24.4 Å². The maximum absolute atomic E-state index is 13.3. The van der Waals surface area contributed by atoms with Crippen LogP contribution in [0, 0.1) is 10.1 Å². The average Bonchev–Trinajstić information content (AvgIpc) is 2.92. The smallest absolute Gasteiger partial charge is 0.310 e. The number of nitrogens with zero attached hydrogens (tertiary/aromatic N) is 3. The molecule has 2 rings (SSSR count). The molecule has 0 heterocycles. The molecule has 0 bridgehead atoms. The van der Waals surface area contributed by atoms with Gasteiger partial charge in [0.1, 0.15) is 12.1 Å². The second kappa shape index (κ2) is 15.0. The van der Waals surface area contributed by atoms with Crippen molar-refractivity contribution in [3.05, 3.63) is 69.8 Å². The molecule has 0 fully saturated rings. The number of nitrogens with one attached hydrogen (secondary N) is 2. The summed E-state index contributed by atoms with van der Waals surface area (Å²) in [7, 11) is 3.30. The Morgan fingerprint density at radius 1 is 1.02 bits per heavy atom. The van der Waals surface area contributed by atoms with E-state index in [1.165, 1.54) is 6.07 Å². The number of phenols is 1. The lowest BCUT2D eigenvalue weighted by atomic mass is 10.0. The third kappa shape index (κ3) is 9.54. The van der Waals surface area contributed by atoms with Gasteiger partial charge in [0.2, 0.25) is 17.7 Å². The molecule has 0 aliphatic heterocycles. The molecule has 0 saturated carbocycles. The van der Waals surface area contributed by atoms with Gasteiger partial charge in [-0.15, -0.1) is 0 Å². The minimum Gasteiger partial charge on any atom is -0.502 e. The number of hydrogen-bond acceptors (Lipinski definition) is 8. The fourth-order valence-corrected chi connectivity index (χ4v) is 3.88. The van der Waals surface area contributed by atoms with Crippen LogP contribution in [0.3, 0.4) is 0 Å². The monoisotopic (exact) mass is 556 g/mol. The molecule has 2 aromatic rings. The van der Waals surface area contributed by atoms with Gasteiger partial charge in [0, 0.05) is 39.5 Å². The van der Waals surface area contributed by atoms with Crippen LogP contribution in [-0.2, 0) is 27.2 Å². The standard InChI is InChI=1S/C26H36N8O6/c1-30-26(29)33(2)12-6-9-18(27)24(37)32-20(14-17-10-11-22(35)21(15-17)34(39)40)25(38)31-19(23(28)36)13-16-7-4-3-5-8-16/h3-5,7-8,10-11,15,18-20,35H,6,9,12-14,27H2,1-2H3,(H2,28,36)(H2,29,30)(H,31,38)(H,32,37)/t18-,19-,20-/m0/s1. The van der Waals surface area contributed by atoms with Gasteiger partial charge in [-0.25, -0.2) is 0 Å². The third-order valence-electron chi connectivity index (χ3n) is 6.22. The molecule has 0 aromatic heterocycles. The highest BCUT2D eigenvalue weighted by Crippen LogP contribution is 2.26. The predicted octanol–water partition coefficient (Wildman–Crippen LogP) is -0.476. The van der Waals surface area contributed by atoms with Crippen molar-refractivity contribution >= 4 is 29.4 Å². The molecular formula is C26H36N8O6. The molecule has 0 aliphatic rings. The normalized spacial score (nSPS) is 13.5. The summed E-state index contributed by atoms with van der Waals surface area (Å²) in [6, 6.07) is 9.19. The Hall–Kier alpha value is -4.72. The van der Waals surface area contributed by atoms with Crippen molar-refractivity contribution in [3.63, 3.8) is 0 Å². The van der Waals surface area contributed by atoms with Crippen molar-refractivity contribution in [2.24, 2.45) is 22.2 Å². The number of benzene rings is 2. The van der Waals surface area contributed by atoms with Crippen LogP contribution in [0.15, 0.2) is 53.5 Å². The Kier molecular flexibility index (Phi) is 11.8. The number of phenolic OH excluding ortho intramolecular Hbond substituents is 1. The highest BCUT2D eigenvalue weighted by atomic mass is 16.6. The van der Waals surface area contributed by atoms with Gasteiger partial charge in [-0.3, -0.25) is 29.5 Å². The highest BCUT2D eigenvalue weighted by Gasteiger charge is 2.28. The SMILES string of the molecule is CN=C(N)N(C)CCC[C@H](N)C(=O)N[C@@H](Cc1ccc(O)c([N+](=O)[O-])c1)C(=O)N[C@@H](Cc1ccccc1)C(N)=O. The zero-order valence-electron chi connectivity index (χ0n) is 22.4. The third-order valence-corrected chi connectivity index (χ3v) is 6.22. The number of rotatable bonds is 14. The Balaban J connectivity index is 2.21. The van der Waals surface area contributed by atoms with Gasteiger partial charge in [0.25, 0.3) is 0 Å². The molecule has 3 amide bonds. The zero-order chi connectivity index (χ0) is 29.8. The highest BCUT2D eigenvalue weighted by molar-refractivity contribution is 5.93. The second-order valence-corrected chi connectivity index (χ2v) is 9.25. The Morgan fingerprint density at radius 2 is 1.65 bits per heavy atom. The molecule has 0 spiro atoms. The van der Waals surface area contributed by atoms with E-state index < -0.39 is 52.2 Å². The topological polar surface area (TPSA) is 232 Å². The summed E-state index contributed by atoms with van der Waals surface area (Å²) >= 11 is 0. The number of amides is 3. The molecule has 9 N–H and O–H groups in total. The number of carbonyl (C=O) groups is 3. The molecule has 216 valence electrons. The Labute approximate surface area is 231 Å². The van der Waals surface area contributed by atoms with Gasteiger partial charge in [-0.05, 0) is 30.0 Å². The molecule has 14 heteroatoms. The molecule has 0 radical (unpaired) electrons. The van der Waals surface area contributed by atoms with Crippen molar-refractivity contribution in [2.75, 3.05) is 20.6 Å². The minimum absolute atomic E-state index is 0.116. The van der Waals surface area contributed by atoms with Gasteiger partial charge >= 0.3 is 5.69 Å². The second-order valence-electron chi connectivity index (χ2n) is 9.25. The van der Waals surface area contributed by atoms with Crippen molar-refractivity contribution in [2.45, 2.75) is 43.8 Å². The molecular weight excluding hydrogens is 520 g/mol. The Bertz CT molecular complexity index is 1220. The van der Waals surface area contributed by atoms with Crippen LogP contribution in [0.25, 0.3) is 0 Å². The van der Waals surface area contributed by atoms with E-state index in [4.69, 9.17) is 17.2 Å². The summed E-state index contributed by atoms with van der Waals surface area (Å²) in [6.45, 7) is 0.491. The number of aliphatic imine (C=N–C) groups is 1. The van der Waals surface area contributed by atoms with Crippen LogP contribution < -0.4 is 27.8 Å². The summed E-state index contributed by atoms with van der Waals surface area (Å²) in [5.41, 5.74) is 17.8. The van der Waals surface area contributed by atoms with E-state index in [0.717, 1.165) is 17.7 Å². The van der Waals surface area contributed by atoms with E-state index in [1.54, 1.807) is 49.3 Å². The number of guanidine groups is 1. The van der Waals surface area contributed by atoms with Crippen LogP contribution >= 0.6 is 0 Å². The van der Waals surface area contributed by atoms with Crippen LogP contribution in [0.1, 0.15) is 24.0 Å². The molecule has 0 saturated heterocycles. The predicted molar refractivity (Wildman–Crippen MR) is 149 cm³/mol.